The van der Waals surface area contributed by atoms with E-state index in [0.29, 0.717) is 32.5 Å². The number of anilines is 1. The van der Waals surface area contributed by atoms with Crippen LogP contribution < -0.4 is 19.7 Å². The second kappa shape index (κ2) is 9.75. The maximum absolute atomic E-state index is 14.6. The highest BCUT2D eigenvalue weighted by molar-refractivity contribution is 7.85. The molecule has 0 spiro atoms. The van der Waals surface area contributed by atoms with Crippen molar-refractivity contribution >= 4 is 28.3 Å². The Hall–Kier alpha value is -4.50. The minimum atomic E-state index is -1.68. The zero-order chi connectivity index (χ0) is 26.2. The molecule has 2 aliphatic rings. The lowest BCUT2D eigenvalue weighted by Gasteiger charge is -2.24. The summed E-state index contributed by atoms with van der Waals surface area (Å²) in [4.78, 5) is 28.9. The molecule has 6 rings (SSSR count). The summed E-state index contributed by atoms with van der Waals surface area (Å²) in [6, 6.07) is 23.0. The van der Waals surface area contributed by atoms with Crippen LogP contribution in [0.15, 0.2) is 94.7 Å². The van der Waals surface area contributed by atoms with E-state index in [9.17, 15) is 18.2 Å². The van der Waals surface area contributed by atoms with Gasteiger partial charge in [-0.1, -0.05) is 36.4 Å². The number of hydrogen-bond donors (Lipinski definition) is 1. The van der Waals surface area contributed by atoms with Gasteiger partial charge in [0.2, 0.25) is 6.79 Å². The molecule has 4 aromatic carbocycles. The van der Waals surface area contributed by atoms with E-state index in [-0.39, 0.29) is 36.9 Å². The smallest absolute Gasteiger partial charge is 0.259 e. The van der Waals surface area contributed by atoms with Gasteiger partial charge in [0.1, 0.15) is 5.82 Å². The number of fused-ring (bicyclic) bond motifs is 3. The van der Waals surface area contributed by atoms with Crippen LogP contribution in [0.3, 0.4) is 0 Å². The molecule has 0 saturated heterocycles. The Morgan fingerprint density at radius 1 is 0.921 bits per heavy atom. The van der Waals surface area contributed by atoms with Gasteiger partial charge >= 0.3 is 0 Å². The summed E-state index contributed by atoms with van der Waals surface area (Å²) in [6.45, 7) is 0.307. The third-order valence-corrected chi connectivity index (χ3v) is 7.95. The van der Waals surface area contributed by atoms with E-state index in [1.54, 1.807) is 66.7 Å². The molecule has 190 valence electrons. The van der Waals surface area contributed by atoms with Gasteiger partial charge in [0.15, 0.2) is 11.5 Å². The molecule has 9 heteroatoms. The van der Waals surface area contributed by atoms with Crippen LogP contribution in [0.25, 0.3) is 0 Å². The average Bonchev–Trinajstić information content (AvgIpc) is 3.40. The van der Waals surface area contributed by atoms with E-state index < -0.39 is 22.5 Å². The standard InChI is InChI=1S/C29H21FN2O5S/c30-22-7-3-1-5-20(22)16-32-23-14-19(28(33)31-15-18-9-11-24-25(13-18)37-17-36-24)10-12-27(23)38(35)26-8-4-2-6-21(26)29(32)34/h1-14H,15-17H2,(H,31,33)/t38-/m0/s1. The summed E-state index contributed by atoms with van der Waals surface area (Å²) in [5, 5.41) is 2.87. The second-order valence-corrected chi connectivity index (χ2v) is 10.2. The van der Waals surface area contributed by atoms with E-state index in [1.165, 1.54) is 17.0 Å². The molecule has 2 aliphatic heterocycles. The Morgan fingerprint density at radius 2 is 1.71 bits per heavy atom. The van der Waals surface area contributed by atoms with Crippen LogP contribution in [0.1, 0.15) is 31.8 Å². The highest BCUT2D eigenvalue weighted by Gasteiger charge is 2.32. The molecule has 38 heavy (non-hydrogen) atoms. The van der Waals surface area contributed by atoms with Crippen LogP contribution in [0.2, 0.25) is 0 Å². The summed E-state index contributed by atoms with van der Waals surface area (Å²) < 4.78 is 38.9. The van der Waals surface area contributed by atoms with E-state index >= 15 is 0 Å². The van der Waals surface area contributed by atoms with Gasteiger partial charge in [0.25, 0.3) is 11.8 Å². The van der Waals surface area contributed by atoms with Crippen LogP contribution in [0.5, 0.6) is 11.5 Å². The van der Waals surface area contributed by atoms with Crippen molar-refractivity contribution in [2.24, 2.45) is 0 Å². The number of rotatable bonds is 5. The first kappa shape index (κ1) is 23.9. The monoisotopic (exact) mass is 528 g/mol. The molecule has 0 unspecified atom stereocenters. The van der Waals surface area contributed by atoms with Crippen molar-refractivity contribution in [1.82, 2.24) is 5.32 Å². The third-order valence-electron chi connectivity index (χ3n) is 6.45. The van der Waals surface area contributed by atoms with Crippen LogP contribution >= 0.6 is 0 Å². The first-order chi connectivity index (χ1) is 18.5. The van der Waals surface area contributed by atoms with Gasteiger partial charge in [-0.25, -0.2) is 8.60 Å². The first-order valence-electron chi connectivity index (χ1n) is 11.9. The number of halogens is 1. The summed E-state index contributed by atoms with van der Waals surface area (Å²) in [6.07, 6.45) is 0. The van der Waals surface area contributed by atoms with Gasteiger partial charge in [-0.15, -0.1) is 0 Å². The lowest BCUT2D eigenvalue weighted by Crippen LogP contribution is -2.31. The van der Waals surface area contributed by atoms with Gasteiger partial charge < -0.3 is 19.7 Å². The van der Waals surface area contributed by atoms with Crippen molar-refractivity contribution in [3.05, 3.63) is 113 Å². The molecule has 0 aromatic heterocycles. The molecule has 1 N–H and O–H groups in total. The first-order valence-corrected chi connectivity index (χ1v) is 13.0. The minimum absolute atomic E-state index is 0.0910. The normalized spacial score (nSPS) is 15.4. The van der Waals surface area contributed by atoms with Crippen molar-refractivity contribution in [2.75, 3.05) is 11.7 Å². The fourth-order valence-corrected chi connectivity index (χ4v) is 5.84. The van der Waals surface area contributed by atoms with Gasteiger partial charge in [-0.2, -0.15) is 0 Å². The number of benzene rings is 4. The quantitative estimate of drug-likeness (QED) is 0.402. The molecule has 2 heterocycles. The molecule has 2 amide bonds. The molecule has 1 atom stereocenters. The van der Waals surface area contributed by atoms with Crippen LogP contribution in [-0.2, 0) is 23.9 Å². The van der Waals surface area contributed by atoms with Gasteiger partial charge in [-0.3, -0.25) is 9.59 Å². The number of nitrogens with zero attached hydrogens (tertiary/aromatic N) is 1. The van der Waals surface area contributed by atoms with Gasteiger partial charge in [0, 0.05) is 17.7 Å². The molecule has 0 fully saturated rings. The fraction of sp³-hybridized carbons (Fsp3) is 0.103. The van der Waals surface area contributed by atoms with Crippen LogP contribution in [0, 0.1) is 5.82 Å². The number of carbonyl (C=O) groups is 2. The highest BCUT2D eigenvalue weighted by Crippen LogP contribution is 2.36. The van der Waals surface area contributed by atoms with E-state index in [4.69, 9.17) is 9.47 Å². The number of hydrogen-bond acceptors (Lipinski definition) is 5. The largest absolute Gasteiger partial charge is 0.454 e. The van der Waals surface area contributed by atoms with Crippen molar-refractivity contribution in [3.8, 4) is 11.5 Å². The number of nitrogens with one attached hydrogen (secondary N) is 1. The third kappa shape index (κ3) is 4.31. The maximum atomic E-state index is 14.6. The zero-order valence-corrected chi connectivity index (χ0v) is 20.8. The average molecular weight is 529 g/mol. The lowest BCUT2D eigenvalue weighted by atomic mass is 10.1. The van der Waals surface area contributed by atoms with Crippen molar-refractivity contribution in [1.29, 1.82) is 0 Å². The van der Waals surface area contributed by atoms with Crippen LogP contribution in [0.4, 0.5) is 10.1 Å². The van der Waals surface area contributed by atoms with Gasteiger partial charge in [0.05, 0.1) is 38.4 Å². The molecular formula is C29H21FN2O5S. The van der Waals surface area contributed by atoms with E-state index in [0.717, 1.165) is 5.56 Å². The van der Waals surface area contributed by atoms with Crippen molar-refractivity contribution in [3.63, 3.8) is 0 Å². The molecule has 0 bridgehead atoms. The minimum Gasteiger partial charge on any atom is -0.454 e. The molecule has 4 aromatic rings. The number of amides is 2. The highest BCUT2D eigenvalue weighted by atomic mass is 32.2. The van der Waals surface area contributed by atoms with Crippen LogP contribution in [-0.4, -0.2) is 22.8 Å². The predicted molar refractivity (Wildman–Crippen MR) is 138 cm³/mol. The molecular weight excluding hydrogens is 507 g/mol. The van der Waals surface area contributed by atoms with Gasteiger partial charge in [-0.05, 0) is 54.1 Å². The lowest BCUT2D eigenvalue weighted by molar-refractivity contribution is 0.0947. The topological polar surface area (TPSA) is 84.9 Å². The zero-order valence-electron chi connectivity index (χ0n) is 20.0. The number of ether oxygens (including phenoxy) is 2. The van der Waals surface area contributed by atoms with Crippen molar-refractivity contribution < 1.29 is 27.7 Å². The summed E-state index contributed by atoms with van der Waals surface area (Å²) >= 11 is 0. The van der Waals surface area contributed by atoms with Crippen molar-refractivity contribution in [2.45, 2.75) is 22.9 Å². The van der Waals surface area contributed by atoms with E-state index in [1.807, 2.05) is 6.07 Å². The molecule has 0 aliphatic carbocycles. The summed E-state index contributed by atoms with van der Waals surface area (Å²) in [5.74, 6) is 0.00820. The Kier molecular flexibility index (Phi) is 6.13. The molecule has 0 radical (unpaired) electrons. The maximum Gasteiger partial charge on any atom is 0.259 e. The molecule has 7 nitrogen and oxygen atoms in total. The Morgan fingerprint density at radius 3 is 2.58 bits per heavy atom. The Labute approximate surface area is 220 Å². The SMILES string of the molecule is O=C(NCc1ccc2c(c1)OCO2)c1ccc2c(c1)N(Cc1ccccc1F)C(=O)c1ccccc1[S@@]2=O. The fourth-order valence-electron chi connectivity index (χ4n) is 4.49. The Bertz CT molecular complexity index is 1620. The van der Waals surface area contributed by atoms with E-state index in [2.05, 4.69) is 5.32 Å². The number of carbonyl (C=O) groups excluding carboxylic acids is 2. The predicted octanol–water partition coefficient (Wildman–Crippen LogP) is 4.81. The molecule has 0 saturated carbocycles. The second-order valence-electron chi connectivity index (χ2n) is 8.80. The summed E-state index contributed by atoms with van der Waals surface area (Å²) in [7, 11) is -1.68. The summed E-state index contributed by atoms with van der Waals surface area (Å²) in [5.41, 5.74) is 1.97. The Balaban J connectivity index is 1.35.